The molecule has 0 saturated heterocycles. The number of aliphatic hydroxyl groups is 1. The summed E-state index contributed by atoms with van der Waals surface area (Å²) in [6.07, 6.45) is 0. The van der Waals surface area contributed by atoms with Crippen LogP contribution in [0.5, 0.6) is 0 Å². The summed E-state index contributed by atoms with van der Waals surface area (Å²) in [5.41, 5.74) is 7.43. The lowest BCUT2D eigenvalue weighted by atomic mass is 10.0. The Morgan fingerprint density at radius 3 is 2.46 bits per heavy atom. The first-order chi connectivity index (χ1) is 6.33. The van der Waals surface area contributed by atoms with Crippen LogP contribution in [0.15, 0.2) is 36.4 Å². The van der Waals surface area contributed by atoms with Gasteiger partial charge in [0.2, 0.25) is 0 Å². The van der Waals surface area contributed by atoms with Gasteiger partial charge in [0.15, 0.2) is 0 Å². The molecule has 3 N–H and O–H groups in total. The SMILES string of the molecule is Nc1cccc2cccc(CO)c12. The number of hydrogen-bond acceptors (Lipinski definition) is 2. The first-order valence-corrected chi connectivity index (χ1v) is 4.20. The molecular formula is C11H11NO. The second-order valence-electron chi connectivity index (χ2n) is 3.02. The number of fused-ring (bicyclic) bond motifs is 1. The van der Waals surface area contributed by atoms with Gasteiger partial charge in [-0.25, -0.2) is 0 Å². The number of anilines is 1. The molecule has 0 saturated carbocycles. The Labute approximate surface area is 76.6 Å². The summed E-state index contributed by atoms with van der Waals surface area (Å²) in [4.78, 5) is 0. The summed E-state index contributed by atoms with van der Waals surface area (Å²) in [6.45, 7) is 0.0333. The highest BCUT2D eigenvalue weighted by Gasteiger charge is 2.01. The largest absolute Gasteiger partial charge is 0.398 e. The summed E-state index contributed by atoms with van der Waals surface area (Å²) >= 11 is 0. The fourth-order valence-electron chi connectivity index (χ4n) is 1.58. The van der Waals surface area contributed by atoms with Crippen molar-refractivity contribution in [3.63, 3.8) is 0 Å². The van der Waals surface area contributed by atoms with Crippen molar-refractivity contribution in [3.05, 3.63) is 42.0 Å². The molecule has 0 spiro atoms. The highest BCUT2D eigenvalue weighted by molar-refractivity contribution is 5.95. The second-order valence-corrected chi connectivity index (χ2v) is 3.02. The average Bonchev–Trinajstić information content (AvgIpc) is 2.17. The molecule has 0 unspecified atom stereocenters. The lowest BCUT2D eigenvalue weighted by Gasteiger charge is -2.05. The van der Waals surface area contributed by atoms with E-state index in [0.29, 0.717) is 0 Å². The fourth-order valence-corrected chi connectivity index (χ4v) is 1.58. The van der Waals surface area contributed by atoms with Gasteiger partial charge in [0.1, 0.15) is 0 Å². The maximum Gasteiger partial charge on any atom is 0.0688 e. The molecule has 0 aliphatic rings. The third kappa shape index (κ3) is 1.25. The molecule has 0 amide bonds. The van der Waals surface area contributed by atoms with Crippen molar-refractivity contribution < 1.29 is 5.11 Å². The maximum absolute atomic E-state index is 9.10. The van der Waals surface area contributed by atoms with Crippen LogP contribution in [0.25, 0.3) is 10.8 Å². The smallest absolute Gasteiger partial charge is 0.0688 e. The van der Waals surface area contributed by atoms with Crippen molar-refractivity contribution in [2.24, 2.45) is 0 Å². The van der Waals surface area contributed by atoms with Crippen molar-refractivity contribution in [1.82, 2.24) is 0 Å². The zero-order valence-electron chi connectivity index (χ0n) is 7.20. The van der Waals surface area contributed by atoms with Crippen LogP contribution in [0.1, 0.15) is 5.56 Å². The summed E-state index contributed by atoms with van der Waals surface area (Å²) in [6, 6.07) is 11.6. The van der Waals surface area contributed by atoms with Gasteiger partial charge in [-0.05, 0) is 17.0 Å². The first kappa shape index (κ1) is 8.08. The molecule has 0 radical (unpaired) electrons. The molecule has 0 aliphatic heterocycles. The van der Waals surface area contributed by atoms with Crippen LogP contribution in [0.4, 0.5) is 5.69 Å². The van der Waals surface area contributed by atoms with Crippen molar-refractivity contribution in [1.29, 1.82) is 0 Å². The molecule has 0 heterocycles. The molecule has 2 aromatic carbocycles. The van der Waals surface area contributed by atoms with Crippen molar-refractivity contribution >= 4 is 16.5 Å². The van der Waals surface area contributed by atoms with Crippen molar-refractivity contribution in [2.45, 2.75) is 6.61 Å². The molecule has 2 rings (SSSR count). The average molecular weight is 173 g/mol. The minimum absolute atomic E-state index is 0.0333. The van der Waals surface area contributed by atoms with E-state index in [0.717, 1.165) is 22.0 Å². The Balaban J connectivity index is 2.87. The van der Waals surface area contributed by atoms with Gasteiger partial charge < -0.3 is 10.8 Å². The summed E-state index contributed by atoms with van der Waals surface area (Å²) in [5.74, 6) is 0. The Kier molecular flexibility index (Phi) is 1.91. The lowest BCUT2D eigenvalue weighted by molar-refractivity contribution is 0.283. The minimum Gasteiger partial charge on any atom is -0.398 e. The Hall–Kier alpha value is -1.54. The monoisotopic (exact) mass is 173 g/mol. The molecule has 0 fully saturated rings. The van der Waals surface area contributed by atoms with Gasteiger partial charge in [-0.3, -0.25) is 0 Å². The van der Waals surface area contributed by atoms with Crippen LogP contribution >= 0.6 is 0 Å². The van der Waals surface area contributed by atoms with E-state index < -0.39 is 0 Å². The molecule has 13 heavy (non-hydrogen) atoms. The van der Waals surface area contributed by atoms with Gasteiger partial charge >= 0.3 is 0 Å². The highest BCUT2D eigenvalue weighted by atomic mass is 16.3. The van der Waals surface area contributed by atoms with E-state index in [1.54, 1.807) is 0 Å². The lowest BCUT2D eigenvalue weighted by Crippen LogP contribution is -1.91. The Bertz CT molecular complexity index is 432. The molecule has 2 nitrogen and oxygen atoms in total. The van der Waals surface area contributed by atoms with E-state index in [4.69, 9.17) is 10.8 Å². The van der Waals surface area contributed by atoms with Crippen molar-refractivity contribution in [2.75, 3.05) is 5.73 Å². The highest BCUT2D eigenvalue weighted by Crippen LogP contribution is 2.24. The standard InChI is InChI=1S/C11H11NO/c12-10-6-2-4-8-3-1-5-9(7-13)11(8)10/h1-6,13H,7,12H2. The molecule has 2 heteroatoms. The van der Waals surface area contributed by atoms with E-state index in [2.05, 4.69) is 0 Å². The van der Waals surface area contributed by atoms with E-state index in [9.17, 15) is 0 Å². The van der Waals surface area contributed by atoms with E-state index in [1.165, 1.54) is 0 Å². The predicted octanol–water partition coefficient (Wildman–Crippen LogP) is 1.91. The van der Waals surface area contributed by atoms with Gasteiger partial charge in [-0.2, -0.15) is 0 Å². The van der Waals surface area contributed by atoms with E-state index in [-0.39, 0.29) is 6.61 Å². The topological polar surface area (TPSA) is 46.2 Å². The maximum atomic E-state index is 9.10. The number of nitrogen functional groups attached to an aromatic ring is 1. The van der Waals surface area contributed by atoms with Crippen molar-refractivity contribution in [3.8, 4) is 0 Å². The predicted molar refractivity (Wildman–Crippen MR) is 54.3 cm³/mol. The number of nitrogens with two attached hydrogens (primary N) is 1. The molecule has 0 atom stereocenters. The zero-order valence-corrected chi connectivity index (χ0v) is 7.20. The molecule has 0 aromatic heterocycles. The van der Waals surface area contributed by atoms with Crippen LogP contribution < -0.4 is 5.73 Å². The van der Waals surface area contributed by atoms with Crippen LogP contribution in [0.2, 0.25) is 0 Å². The number of benzene rings is 2. The summed E-state index contributed by atoms with van der Waals surface area (Å²) in [5, 5.41) is 11.1. The molecule has 66 valence electrons. The molecular weight excluding hydrogens is 162 g/mol. The number of rotatable bonds is 1. The van der Waals surface area contributed by atoms with Gasteiger partial charge in [0.25, 0.3) is 0 Å². The Morgan fingerprint density at radius 2 is 1.77 bits per heavy atom. The quantitative estimate of drug-likeness (QED) is 0.647. The third-order valence-corrected chi connectivity index (χ3v) is 2.19. The van der Waals surface area contributed by atoms with E-state index >= 15 is 0 Å². The third-order valence-electron chi connectivity index (χ3n) is 2.19. The summed E-state index contributed by atoms with van der Waals surface area (Å²) in [7, 11) is 0. The van der Waals surface area contributed by atoms with E-state index in [1.807, 2.05) is 36.4 Å². The van der Waals surface area contributed by atoms with Gasteiger partial charge in [-0.15, -0.1) is 0 Å². The van der Waals surface area contributed by atoms with Crippen LogP contribution in [-0.2, 0) is 6.61 Å². The number of aliphatic hydroxyl groups excluding tert-OH is 1. The number of hydrogen-bond donors (Lipinski definition) is 2. The van der Waals surface area contributed by atoms with Crippen LogP contribution in [0.3, 0.4) is 0 Å². The fraction of sp³-hybridized carbons (Fsp3) is 0.0909. The van der Waals surface area contributed by atoms with Gasteiger partial charge in [-0.1, -0.05) is 30.3 Å². The second kappa shape index (κ2) is 3.07. The van der Waals surface area contributed by atoms with Crippen LogP contribution in [0, 0.1) is 0 Å². The Morgan fingerprint density at radius 1 is 1.08 bits per heavy atom. The normalized spacial score (nSPS) is 10.5. The zero-order chi connectivity index (χ0) is 9.26. The van der Waals surface area contributed by atoms with Gasteiger partial charge in [0, 0.05) is 11.1 Å². The minimum atomic E-state index is 0.0333. The summed E-state index contributed by atoms with van der Waals surface area (Å²) < 4.78 is 0. The molecule has 0 bridgehead atoms. The van der Waals surface area contributed by atoms with Gasteiger partial charge in [0.05, 0.1) is 6.61 Å². The molecule has 2 aromatic rings. The molecule has 0 aliphatic carbocycles. The van der Waals surface area contributed by atoms with Crippen LogP contribution in [-0.4, -0.2) is 5.11 Å². The first-order valence-electron chi connectivity index (χ1n) is 4.20.